The standard InChI is InChI=1S/C21H24O10/c1-8(2)5-6-21-18(28)13-10(4-3-9(23)12(13)15(25)19(21)31-21)29-20-17(27)16(26)14(24)11(7-22)30-20/h3-5,11,14,16-17,19-20,22-24,26-27H,6-7H2,1-2H3/t11-,14+,16-,17+,19+,20-,21+/m0/s1. The van der Waals surface area contributed by atoms with Crippen LogP contribution in [0, 0.1) is 0 Å². The summed E-state index contributed by atoms with van der Waals surface area (Å²) in [6.07, 6.45) is -6.80. The van der Waals surface area contributed by atoms with Crippen molar-refractivity contribution < 1.29 is 49.3 Å². The number of Topliss-reactive ketones (excluding diaryl/α,β-unsaturated/α-hetero) is 2. The lowest BCUT2D eigenvalue weighted by Gasteiger charge is -2.39. The highest BCUT2D eigenvalue weighted by molar-refractivity contribution is 6.25. The van der Waals surface area contributed by atoms with E-state index in [1.807, 2.05) is 13.8 Å². The Kier molecular flexibility index (Phi) is 5.41. The molecule has 168 valence electrons. The number of hydrogen-bond donors (Lipinski definition) is 5. The van der Waals surface area contributed by atoms with Crippen LogP contribution in [-0.4, -0.2) is 86.1 Å². The quantitative estimate of drug-likeness (QED) is 0.298. The minimum atomic E-state index is -1.71. The number of phenols is 1. The molecule has 31 heavy (non-hydrogen) atoms. The van der Waals surface area contributed by atoms with Gasteiger partial charge in [-0.1, -0.05) is 11.6 Å². The molecule has 4 rings (SSSR count). The summed E-state index contributed by atoms with van der Waals surface area (Å²) in [5, 5.41) is 49.7. The first-order valence-electron chi connectivity index (χ1n) is 9.85. The van der Waals surface area contributed by atoms with Gasteiger partial charge in [-0.15, -0.1) is 0 Å². The Bertz CT molecular complexity index is 950. The van der Waals surface area contributed by atoms with E-state index in [1.54, 1.807) is 6.08 Å². The van der Waals surface area contributed by atoms with Gasteiger partial charge in [-0.3, -0.25) is 9.59 Å². The molecule has 0 amide bonds. The van der Waals surface area contributed by atoms with Gasteiger partial charge in [-0.25, -0.2) is 0 Å². The van der Waals surface area contributed by atoms with Crippen molar-refractivity contribution in [3.8, 4) is 11.5 Å². The Morgan fingerprint density at radius 1 is 1.13 bits per heavy atom. The summed E-state index contributed by atoms with van der Waals surface area (Å²) in [6, 6.07) is 2.40. The summed E-state index contributed by atoms with van der Waals surface area (Å²) in [7, 11) is 0. The number of fused-ring (bicyclic) bond motifs is 2. The lowest BCUT2D eigenvalue weighted by atomic mass is 9.79. The van der Waals surface area contributed by atoms with Crippen LogP contribution in [0.2, 0.25) is 0 Å². The van der Waals surface area contributed by atoms with Crippen LogP contribution in [0.5, 0.6) is 11.5 Å². The lowest BCUT2D eigenvalue weighted by molar-refractivity contribution is -0.277. The Morgan fingerprint density at radius 3 is 2.48 bits per heavy atom. The number of aromatic hydroxyl groups is 1. The maximum atomic E-state index is 13.3. The Labute approximate surface area is 177 Å². The number of ether oxygens (including phenoxy) is 3. The molecule has 5 N–H and O–H groups in total. The third kappa shape index (κ3) is 3.36. The summed E-state index contributed by atoms with van der Waals surface area (Å²) in [5.41, 5.74) is -0.911. The fourth-order valence-electron chi connectivity index (χ4n) is 4.00. The first-order valence-corrected chi connectivity index (χ1v) is 9.85. The first kappa shape index (κ1) is 21.9. The zero-order valence-corrected chi connectivity index (χ0v) is 16.9. The maximum Gasteiger partial charge on any atom is 0.229 e. The van der Waals surface area contributed by atoms with E-state index < -0.39 is 66.3 Å². The Hall–Kier alpha value is -2.34. The zero-order chi connectivity index (χ0) is 22.7. The van der Waals surface area contributed by atoms with Crippen LogP contribution >= 0.6 is 0 Å². The number of aliphatic hydroxyl groups excluding tert-OH is 4. The van der Waals surface area contributed by atoms with E-state index >= 15 is 0 Å². The predicted octanol–water partition coefficient (Wildman–Crippen LogP) is -0.556. The fraction of sp³-hybridized carbons (Fsp3) is 0.524. The van der Waals surface area contributed by atoms with Crippen LogP contribution in [0.15, 0.2) is 23.8 Å². The van der Waals surface area contributed by atoms with E-state index in [2.05, 4.69) is 0 Å². The second-order valence-electron chi connectivity index (χ2n) is 8.21. The van der Waals surface area contributed by atoms with E-state index in [9.17, 15) is 35.1 Å². The van der Waals surface area contributed by atoms with E-state index in [0.717, 1.165) is 11.6 Å². The van der Waals surface area contributed by atoms with Crippen LogP contribution < -0.4 is 4.74 Å². The van der Waals surface area contributed by atoms with Gasteiger partial charge in [-0.2, -0.15) is 0 Å². The molecule has 1 aromatic rings. The van der Waals surface area contributed by atoms with Crippen LogP contribution in [0.25, 0.3) is 0 Å². The molecule has 1 aliphatic carbocycles. The molecule has 0 unspecified atom stereocenters. The number of allylic oxidation sites excluding steroid dienone is 1. The van der Waals surface area contributed by atoms with Gasteiger partial charge in [0.15, 0.2) is 17.5 Å². The molecule has 0 aromatic heterocycles. The smallest absolute Gasteiger partial charge is 0.229 e. The number of rotatable bonds is 5. The Balaban J connectivity index is 1.71. The Morgan fingerprint density at radius 2 is 1.84 bits per heavy atom. The topological polar surface area (TPSA) is 166 Å². The number of ketones is 2. The van der Waals surface area contributed by atoms with E-state index in [1.165, 1.54) is 6.07 Å². The number of carbonyl (C=O) groups is 2. The zero-order valence-electron chi connectivity index (χ0n) is 16.9. The highest BCUT2D eigenvalue weighted by atomic mass is 16.7. The summed E-state index contributed by atoms with van der Waals surface area (Å²) >= 11 is 0. The number of benzene rings is 1. The van der Waals surface area contributed by atoms with Gasteiger partial charge < -0.3 is 39.7 Å². The second-order valence-corrected chi connectivity index (χ2v) is 8.21. The van der Waals surface area contributed by atoms with Crippen LogP contribution in [0.4, 0.5) is 0 Å². The van der Waals surface area contributed by atoms with Gasteiger partial charge in [0.05, 0.1) is 17.7 Å². The number of epoxide rings is 1. The summed E-state index contributed by atoms with van der Waals surface area (Å²) in [6.45, 7) is 3.03. The van der Waals surface area contributed by atoms with Crippen LogP contribution in [-0.2, 0) is 9.47 Å². The summed E-state index contributed by atoms with van der Waals surface area (Å²) in [5.74, 6) is -1.70. The molecule has 0 saturated carbocycles. The second kappa shape index (κ2) is 7.66. The first-order chi connectivity index (χ1) is 14.6. The highest BCUT2D eigenvalue weighted by Gasteiger charge is 2.69. The number of hydrogen-bond acceptors (Lipinski definition) is 10. The molecule has 10 heteroatoms. The van der Waals surface area contributed by atoms with Crippen molar-refractivity contribution >= 4 is 11.6 Å². The van der Waals surface area contributed by atoms with Gasteiger partial charge in [0.25, 0.3) is 0 Å². The summed E-state index contributed by atoms with van der Waals surface area (Å²) in [4.78, 5) is 26.2. The molecule has 10 nitrogen and oxygen atoms in total. The molecule has 2 fully saturated rings. The van der Waals surface area contributed by atoms with Crippen molar-refractivity contribution in [3.63, 3.8) is 0 Å². The third-order valence-corrected chi connectivity index (χ3v) is 5.84. The summed E-state index contributed by atoms with van der Waals surface area (Å²) < 4.78 is 16.5. The van der Waals surface area contributed by atoms with E-state index in [-0.39, 0.29) is 23.3 Å². The molecule has 3 aliphatic rings. The fourth-order valence-corrected chi connectivity index (χ4v) is 4.00. The maximum absolute atomic E-state index is 13.3. The van der Waals surface area contributed by atoms with Crippen molar-refractivity contribution in [2.75, 3.05) is 6.61 Å². The van der Waals surface area contributed by atoms with Gasteiger partial charge in [-0.05, 0) is 26.0 Å². The van der Waals surface area contributed by atoms with Crippen molar-refractivity contribution in [2.45, 2.75) is 62.7 Å². The van der Waals surface area contributed by atoms with Crippen molar-refractivity contribution in [1.82, 2.24) is 0 Å². The SMILES string of the molecule is CC(C)=CC[C@]12O[C@@H]1C(=O)c1c(O)ccc(O[C@H]3O[C@@H](CO)[C@@H](O)[C@H](O)[C@H]3O)c1C2=O. The van der Waals surface area contributed by atoms with Gasteiger partial charge in [0.2, 0.25) is 12.1 Å². The molecule has 7 atom stereocenters. The molecule has 1 aromatic carbocycles. The minimum absolute atomic E-state index is 0.166. The third-order valence-electron chi connectivity index (χ3n) is 5.84. The highest BCUT2D eigenvalue weighted by Crippen LogP contribution is 2.52. The monoisotopic (exact) mass is 436 g/mol. The van der Waals surface area contributed by atoms with Gasteiger partial charge >= 0.3 is 0 Å². The van der Waals surface area contributed by atoms with E-state index in [4.69, 9.17) is 14.2 Å². The molecular weight excluding hydrogens is 412 g/mol. The van der Waals surface area contributed by atoms with Crippen LogP contribution in [0.1, 0.15) is 41.0 Å². The minimum Gasteiger partial charge on any atom is -0.507 e. The molecule has 2 saturated heterocycles. The average Bonchev–Trinajstić information content (AvgIpc) is 3.48. The average molecular weight is 436 g/mol. The molecule has 2 heterocycles. The van der Waals surface area contributed by atoms with Crippen molar-refractivity contribution in [1.29, 1.82) is 0 Å². The number of carbonyl (C=O) groups excluding carboxylic acids is 2. The predicted molar refractivity (Wildman–Crippen MR) is 103 cm³/mol. The van der Waals surface area contributed by atoms with Gasteiger partial charge in [0, 0.05) is 6.42 Å². The molecule has 0 radical (unpaired) electrons. The van der Waals surface area contributed by atoms with Crippen molar-refractivity contribution in [2.24, 2.45) is 0 Å². The van der Waals surface area contributed by atoms with Crippen LogP contribution in [0.3, 0.4) is 0 Å². The molecule has 2 aliphatic heterocycles. The van der Waals surface area contributed by atoms with Gasteiger partial charge in [0.1, 0.15) is 35.9 Å². The van der Waals surface area contributed by atoms with E-state index in [0.29, 0.717) is 0 Å². The molecule has 0 bridgehead atoms. The normalized spacial score (nSPS) is 36.5. The largest absolute Gasteiger partial charge is 0.507 e. The molecule has 0 spiro atoms. The molecular formula is C21H24O10. The van der Waals surface area contributed by atoms with Crippen molar-refractivity contribution in [3.05, 3.63) is 34.9 Å². The lowest BCUT2D eigenvalue weighted by Crippen LogP contribution is -2.60. The number of phenolic OH excluding ortho intramolecular Hbond substituents is 1. The number of aliphatic hydroxyl groups is 4.